The highest BCUT2D eigenvalue weighted by molar-refractivity contribution is 5.99. The van der Waals surface area contributed by atoms with Gasteiger partial charge in [-0.05, 0) is 49.7 Å². The molecule has 5 rings (SSSR count). The van der Waals surface area contributed by atoms with Crippen molar-refractivity contribution in [1.29, 1.82) is 0 Å². The fourth-order valence-corrected chi connectivity index (χ4v) is 4.19. The zero-order chi connectivity index (χ0) is 23.8. The van der Waals surface area contributed by atoms with E-state index in [9.17, 15) is 14.7 Å². The lowest BCUT2D eigenvalue weighted by Gasteiger charge is -2.11. The molecule has 0 fully saturated rings. The Kier molecular flexibility index (Phi) is 5.49. The van der Waals surface area contributed by atoms with Crippen LogP contribution in [0.1, 0.15) is 32.9 Å². The van der Waals surface area contributed by atoms with Gasteiger partial charge in [0.15, 0.2) is 18.1 Å². The van der Waals surface area contributed by atoms with E-state index < -0.39 is 5.97 Å². The topological polar surface area (TPSA) is 100 Å². The summed E-state index contributed by atoms with van der Waals surface area (Å²) in [6, 6.07) is 12.3. The van der Waals surface area contributed by atoms with Gasteiger partial charge in [0.05, 0.1) is 12.7 Å². The summed E-state index contributed by atoms with van der Waals surface area (Å²) < 4.78 is 23.5. The van der Waals surface area contributed by atoms with Crippen molar-refractivity contribution in [1.82, 2.24) is 4.57 Å². The van der Waals surface area contributed by atoms with Crippen molar-refractivity contribution >= 4 is 22.7 Å². The van der Waals surface area contributed by atoms with Crippen LogP contribution in [0.15, 0.2) is 53.1 Å². The third-order valence-corrected chi connectivity index (χ3v) is 5.99. The van der Waals surface area contributed by atoms with Crippen LogP contribution in [0, 0.1) is 13.8 Å². The number of Topliss-reactive ketones (excluding diaryl/α,β-unsaturated/α-hetero) is 1. The standard InChI is InChI=1S/C26H23NO7/c1-15-7-21(16(2)27(15)11-17-3-6-23-25(8-17)34-14-33-23)22(29)13-32-26(30)9-18-12-31-24-10-19(28)4-5-20(18)24/h3-8,10,12,28H,9,11,13-14H2,1-2H3. The summed E-state index contributed by atoms with van der Waals surface area (Å²) in [5, 5.41) is 10.3. The number of hydrogen-bond acceptors (Lipinski definition) is 7. The van der Waals surface area contributed by atoms with E-state index in [1.807, 2.05) is 42.7 Å². The summed E-state index contributed by atoms with van der Waals surface area (Å²) in [4.78, 5) is 25.2. The number of carbonyl (C=O) groups is 2. The molecule has 8 nitrogen and oxygen atoms in total. The number of rotatable bonds is 7. The van der Waals surface area contributed by atoms with Gasteiger partial charge in [-0.2, -0.15) is 0 Å². The number of benzene rings is 2. The van der Waals surface area contributed by atoms with E-state index in [2.05, 4.69) is 0 Å². The Hall–Kier alpha value is -4.20. The first-order valence-corrected chi connectivity index (χ1v) is 10.8. The molecule has 174 valence electrons. The molecular weight excluding hydrogens is 438 g/mol. The van der Waals surface area contributed by atoms with E-state index in [1.165, 1.54) is 18.4 Å². The van der Waals surface area contributed by atoms with Gasteiger partial charge in [0.2, 0.25) is 12.6 Å². The van der Waals surface area contributed by atoms with E-state index >= 15 is 0 Å². The Labute approximate surface area is 195 Å². The number of ketones is 1. The number of phenols is 1. The highest BCUT2D eigenvalue weighted by atomic mass is 16.7. The molecule has 0 unspecified atom stereocenters. The number of ether oxygens (including phenoxy) is 3. The number of hydrogen-bond donors (Lipinski definition) is 1. The van der Waals surface area contributed by atoms with Gasteiger partial charge in [-0.1, -0.05) is 6.07 Å². The maximum atomic E-state index is 12.8. The lowest BCUT2D eigenvalue weighted by atomic mass is 10.1. The van der Waals surface area contributed by atoms with Crippen LogP contribution in [0.2, 0.25) is 0 Å². The van der Waals surface area contributed by atoms with E-state index in [0.29, 0.717) is 34.4 Å². The summed E-state index contributed by atoms with van der Waals surface area (Å²) in [7, 11) is 0. The van der Waals surface area contributed by atoms with Gasteiger partial charge < -0.3 is 28.3 Å². The summed E-state index contributed by atoms with van der Waals surface area (Å²) in [6.45, 7) is 4.26. The van der Waals surface area contributed by atoms with Crippen molar-refractivity contribution in [2.24, 2.45) is 0 Å². The quantitative estimate of drug-likeness (QED) is 0.323. The fourth-order valence-electron chi connectivity index (χ4n) is 4.19. The Morgan fingerprint density at radius 2 is 1.88 bits per heavy atom. The normalized spacial score (nSPS) is 12.3. The number of nitrogens with zero attached hydrogens (tertiary/aromatic N) is 1. The molecule has 0 saturated heterocycles. The number of phenolic OH excluding ortho intramolecular Hbond substituents is 1. The van der Waals surface area contributed by atoms with E-state index in [0.717, 1.165) is 22.7 Å². The second kappa shape index (κ2) is 8.62. The third-order valence-electron chi connectivity index (χ3n) is 5.99. The van der Waals surface area contributed by atoms with E-state index in [-0.39, 0.29) is 31.4 Å². The minimum Gasteiger partial charge on any atom is -0.508 e. The minimum atomic E-state index is -0.529. The van der Waals surface area contributed by atoms with Crippen LogP contribution < -0.4 is 9.47 Å². The summed E-state index contributed by atoms with van der Waals surface area (Å²) >= 11 is 0. The highest BCUT2D eigenvalue weighted by Gasteiger charge is 2.20. The minimum absolute atomic E-state index is 0.0335. The van der Waals surface area contributed by atoms with Crippen LogP contribution in [0.4, 0.5) is 0 Å². The predicted octanol–water partition coefficient (Wildman–Crippen LogP) is 4.30. The SMILES string of the molecule is Cc1cc(C(=O)COC(=O)Cc2coc3cc(O)ccc23)c(C)n1Cc1ccc2c(c1)OCO2. The first-order chi connectivity index (χ1) is 16.4. The van der Waals surface area contributed by atoms with Crippen LogP contribution in [0.3, 0.4) is 0 Å². The van der Waals surface area contributed by atoms with Crippen LogP contribution >= 0.6 is 0 Å². The molecule has 0 radical (unpaired) electrons. The van der Waals surface area contributed by atoms with E-state index in [4.69, 9.17) is 18.6 Å². The predicted molar refractivity (Wildman–Crippen MR) is 122 cm³/mol. The molecular formula is C26H23NO7. The average molecular weight is 461 g/mol. The summed E-state index contributed by atoms with van der Waals surface area (Å²) in [6.07, 6.45) is 1.42. The molecule has 0 aliphatic carbocycles. The molecule has 1 aliphatic rings. The molecule has 0 spiro atoms. The average Bonchev–Trinajstić information content (AvgIpc) is 3.51. The molecule has 34 heavy (non-hydrogen) atoms. The molecule has 0 atom stereocenters. The molecule has 1 N–H and O–H groups in total. The molecule has 4 aromatic rings. The zero-order valence-corrected chi connectivity index (χ0v) is 18.8. The summed E-state index contributed by atoms with van der Waals surface area (Å²) in [5.74, 6) is 0.727. The first kappa shape index (κ1) is 21.6. The van der Waals surface area contributed by atoms with Crippen molar-refractivity contribution in [2.75, 3.05) is 13.4 Å². The van der Waals surface area contributed by atoms with E-state index in [1.54, 1.807) is 6.07 Å². The molecule has 2 aromatic heterocycles. The first-order valence-electron chi connectivity index (χ1n) is 10.8. The third kappa shape index (κ3) is 4.10. The summed E-state index contributed by atoms with van der Waals surface area (Å²) in [5.41, 5.74) is 4.39. The highest BCUT2D eigenvalue weighted by Crippen LogP contribution is 2.33. The van der Waals surface area contributed by atoms with Crippen molar-refractivity contribution in [3.63, 3.8) is 0 Å². The number of fused-ring (bicyclic) bond motifs is 2. The maximum absolute atomic E-state index is 12.8. The smallest absolute Gasteiger partial charge is 0.310 e. The van der Waals surface area contributed by atoms with Crippen molar-refractivity contribution in [3.05, 3.63) is 76.8 Å². The monoisotopic (exact) mass is 461 g/mol. The van der Waals surface area contributed by atoms with Gasteiger partial charge in [-0.25, -0.2) is 0 Å². The maximum Gasteiger partial charge on any atom is 0.310 e. The van der Waals surface area contributed by atoms with Gasteiger partial charge in [-0.3, -0.25) is 9.59 Å². The number of aromatic hydroxyl groups is 1. The Morgan fingerprint density at radius 1 is 1.06 bits per heavy atom. The van der Waals surface area contributed by atoms with Gasteiger partial charge in [-0.15, -0.1) is 0 Å². The Balaban J connectivity index is 1.23. The molecule has 0 bridgehead atoms. The number of furan rings is 1. The number of aromatic nitrogens is 1. The van der Waals surface area contributed by atoms with Gasteiger partial charge in [0, 0.05) is 40.5 Å². The lowest BCUT2D eigenvalue weighted by molar-refractivity contribution is -0.141. The second-order valence-corrected chi connectivity index (χ2v) is 8.26. The Bertz CT molecular complexity index is 1410. The van der Waals surface area contributed by atoms with Crippen LogP contribution in [-0.2, 0) is 22.5 Å². The van der Waals surface area contributed by atoms with Gasteiger partial charge in [0.25, 0.3) is 0 Å². The van der Waals surface area contributed by atoms with Crippen LogP contribution in [0.5, 0.6) is 17.2 Å². The largest absolute Gasteiger partial charge is 0.508 e. The van der Waals surface area contributed by atoms with Crippen LogP contribution in [-0.4, -0.2) is 34.8 Å². The molecule has 1 aliphatic heterocycles. The number of carbonyl (C=O) groups excluding carboxylic acids is 2. The zero-order valence-electron chi connectivity index (χ0n) is 18.8. The lowest BCUT2D eigenvalue weighted by Crippen LogP contribution is -2.16. The number of aryl methyl sites for hydroxylation is 1. The van der Waals surface area contributed by atoms with Gasteiger partial charge in [0.1, 0.15) is 11.3 Å². The molecule has 8 heteroatoms. The number of esters is 1. The van der Waals surface area contributed by atoms with Crippen LogP contribution in [0.25, 0.3) is 11.0 Å². The van der Waals surface area contributed by atoms with Gasteiger partial charge >= 0.3 is 5.97 Å². The molecule has 2 aromatic carbocycles. The molecule has 0 amide bonds. The molecule has 3 heterocycles. The fraction of sp³-hybridized carbons (Fsp3) is 0.231. The Morgan fingerprint density at radius 3 is 2.74 bits per heavy atom. The van der Waals surface area contributed by atoms with Crippen molar-refractivity contribution in [3.8, 4) is 17.2 Å². The van der Waals surface area contributed by atoms with Crippen molar-refractivity contribution < 1.29 is 33.3 Å². The van der Waals surface area contributed by atoms with Crippen molar-refractivity contribution in [2.45, 2.75) is 26.8 Å². The second-order valence-electron chi connectivity index (χ2n) is 8.26. The molecule has 0 saturated carbocycles.